The van der Waals surface area contributed by atoms with E-state index in [2.05, 4.69) is 29.1 Å². The van der Waals surface area contributed by atoms with Crippen molar-refractivity contribution < 1.29 is 18.7 Å². The van der Waals surface area contributed by atoms with E-state index in [0.717, 1.165) is 22.7 Å². The van der Waals surface area contributed by atoms with Gasteiger partial charge >= 0.3 is 6.03 Å². The Kier molecular flexibility index (Phi) is 7.20. The number of carbonyl (C=O) groups is 2. The van der Waals surface area contributed by atoms with Gasteiger partial charge in [0.05, 0.1) is 24.0 Å². The summed E-state index contributed by atoms with van der Waals surface area (Å²) in [5.74, 6) is 0.144. The van der Waals surface area contributed by atoms with Gasteiger partial charge < -0.3 is 4.74 Å². The maximum Gasteiger partial charge on any atom is 0.332 e. The molecule has 0 saturated carbocycles. The fraction of sp³-hybridized carbons (Fsp3) is 0.433. The zero-order chi connectivity index (χ0) is 27.9. The number of hydrogen-bond donors (Lipinski definition) is 0. The summed E-state index contributed by atoms with van der Waals surface area (Å²) >= 11 is 0. The molecule has 2 atom stereocenters. The topological polar surface area (TPSA) is 70.9 Å². The summed E-state index contributed by atoms with van der Waals surface area (Å²) in [5, 5.41) is 4.37. The largest absolute Gasteiger partial charge is 0.491 e. The van der Waals surface area contributed by atoms with Gasteiger partial charge in [0.25, 0.3) is 5.91 Å². The maximum atomic E-state index is 14.3. The van der Waals surface area contributed by atoms with E-state index in [-0.39, 0.29) is 24.6 Å². The van der Waals surface area contributed by atoms with Gasteiger partial charge in [-0.3, -0.25) is 24.2 Å². The number of nitrogens with zero attached hydrogens (tertiary/aromatic N) is 5. The number of likely N-dealkylation sites (tertiary alicyclic amines) is 1. The van der Waals surface area contributed by atoms with E-state index in [9.17, 15) is 14.0 Å². The quantitative estimate of drug-likeness (QED) is 0.398. The number of anilines is 1. The van der Waals surface area contributed by atoms with Crippen LogP contribution in [0.1, 0.15) is 50.6 Å². The predicted octanol–water partition coefficient (Wildman–Crippen LogP) is 5.05. The average molecular weight is 534 g/mol. The van der Waals surface area contributed by atoms with Crippen LogP contribution in [0, 0.1) is 12.7 Å². The number of carbonyl (C=O) groups excluding carboxylic acids is 2. The predicted molar refractivity (Wildman–Crippen MR) is 147 cm³/mol. The Balaban J connectivity index is 1.43. The zero-order valence-corrected chi connectivity index (χ0v) is 23.2. The molecule has 5 rings (SSSR count). The minimum Gasteiger partial charge on any atom is -0.491 e. The molecule has 2 fully saturated rings. The lowest BCUT2D eigenvalue weighted by molar-refractivity contribution is -0.133. The number of urea groups is 1. The van der Waals surface area contributed by atoms with Gasteiger partial charge in [-0.05, 0) is 82.5 Å². The van der Waals surface area contributed by atoms with Crippen LogP contribution in [0.5, 0.6) is 5.75 Å². The van der Waals surface area contributed by atoms with Crippen molar-refractivity contribution >= 4 is 17.6 Å². The number of imide groups is 1. The van der Waals surface area contributed by atoms with Gasteiger partial charge in [0, 0.05) is 31.9 Å². The zero-order valence-electron chi connectivity index (χ0n) is 23.2. The highest BCUT2D eigenvalue weighted by Crippen LogP contribution is 2.43. The fourth-order valence-corrected chi connectivity index (χ4v) is 5.95. The van der Waals surface area contributed by atoms with Crippen LogP contribution in [0.2, 0.25) is 0 Å². The molecular formula is C30H36FN5O3. The van der Waals surface area contributed by atoms with Gasteiger partial charge in [0.1, 0.15) is 17.1 Å². The molecule has 0 radical (unpaired) electrons. The molecule has 2 aliphatic heterocycles. The second kappa shape index (κ2) is 10.4. The SMILES string of the molecule is Cc1cc(CN2C(=O)N(c3cccc(F)c3)[C@@]3(CCN(Cc4cccc(OC(C)C)c4)[C@@H](C)C3)C2=O)n(C)n1. The number of rotatable bonds is 7. The van der Waals surface area contributed by atoms with Crippen molar-refractivity contribution in [2.24, 2.45) is 7.05 Å². The van der Waals surface area contributed by atoms with Crippen molar-refractivity contribution in [3.05, 3.63) is 77.4 Å². The van der Waals surface area contributed by atoms with Crippen LogP contribution in [0.15, 0.2) is 54.6 Å². The summed E-state index contributed by atoms with van der Waals surface area (Å²) in [6.45, 7) is 9.39. The number of piperidine rings is 1. The molecule has 39 heavy (non-hydrogen) atoms. The fourth-order valence-electron chi connectivity index (χ4n) is 5.95. The monoisotopic (exact) mass is 533 g/mol. The summed E-state index contributed by atoms with van der Waals surface area (Å²) in [5.41, 5.74) is 2.01. The lowest BCUT2D eigenvalue weighted by atomic mass is 9.81. The Morgan fingerprint density at radius 3 is 2.54 bits per heavy atom. The van der Waals surface area contributed by atoms with E-state index in [1.54, 1.807) is 23.9 Å². The molecule has 9 heteroatoms. The molecule has 0 bridgehead atoms. The summed E-state index contributed by atoms with van der Waals surface area (Å²) in [7, 11) is 1.80. The van der Waals surface area contributed by atoms with E-state index < -0.39 is 17.4 Å². The first-order chi connectivity index (χ1) is 18.6. The van der Waals surface area contributed by atoms with Gasteiger partial charge in [-0.15, -0.1) is 0 Å². The standard InChI is InChI=1S/C30H36FN5O3/c1-20(2)39-27-11-6-8-23(15-27)18-34-13-12-30(17-22(34)4)28(37)35(19-26-14-21(3)32-33(26)5)29(38)36(30)25-10-7-9-24(31)16-25/h6-11,14-16,20,22H,12-13,17-19H2,1-5H3/t22-,30+/m0/s1. The molecule has 0 N–H and O–H groups in total. The van der Waals surface area contributed by atoms with Crippen LogP contribution in [-0.4, -0.2) is 55.7 Å². The molecule has 1 aromatic heterocycles. The van der Waals surface area contributed by atoms with E-state index in [0.29, 0.717) is 31.6 Å². The van der Waals surface area contributed by atoms with E-state index in [1.807, 2.05) is 39.0 Å². The van der Waals surface area contributed by atoms with Crippen LogP contribution in [0.4, 0.5) is 14.9 Å². The third-order valence-electron chi connectivity index (χ3n) is 7.70. The number of aryl methyl sites for hydroxylation is 2. The second-order valence-electron chi connectivity index (χ2n) is 11.0. The smallest absolute Gasteiger partial charge is 0.332 e. The van der Waals surface area contributed by atoms with Crippen molar-refractivity contribution in [1.29, 1.82) is 0 Å². The van der Waals surface area contributed by atoms with Gasteiger partial charge in [-0.1, -0.05) is 18.2 Å². The van der Waals surface area contributed by atoms with Gasteiger partial charge in [-0.25, -0.2) is 9.18 Å². The molecule has 0 unspecified atom stereocenters. The van der Waals surface area contributed by atoms with E-state index >= 15 is 0 Å². The number of halogens is 1. The number of benzene rings is 2. The number of ether oxygens (including phenoxy) is 1. The van der Waals surface area contributed by atoms with E-state index in [1.165, 1.54) is 21.9 Å². The molecule has 3 aromatic rings. The first-order valence-corrected chi connectivity index (χ1v) is 13.5. The van der Waals surface area contributed by atoms with Crippen molar-refractivity contribution in [3.8, 4) is 5.75 Å². The number of amides is 3. The molecule has 1 spiro atoms. The van der Waals surface area contributed by atoms with Crippen LogP contribution >= 0.6 is 0 Å². The molecule has 3 amide bonds. The van der Waals surface area contributed by atoms with Crippen LogP contribution < -0.4 is 9.64 Å². The Labute approximate surface area is 228 Å². The van der Waals surface area contributed by atoms with Crippen LogP contribution in [0.25, 0.3) is 0 Å². The highest BCUT2D eigenvalue weighted by Gasteiger charge is 2.59. The molecule has 2 aliphatic rings. The van der Waals surface area contributed by atoms with Gasteiger partial charge in [0.15, 0.2) is 0 Å². The first-order valence-electron chi connectivity index (χ1n) is 13.5. The van der Waals surface area contributed by atoms with Crippen LogP contribution in [0.3, 0.4) is 0 Å². The van der Waals surface area contributed by atoms with Crippen molar-refractivity contribution in [2.45, 2.75) is 71.3 Å². The van der Waals surface area contributed by atoms with Crippen LogP contribution in [-0.2, 0) is 24.9 Å². The number of aromatic nitrogens is 2. The first kappa shape index (κ1) is 26.9. The van der Waals surface area contributed by atoms with Gasteiger partial charge in [0.2, 0.25) is 0 Å². The molecule has 2 saturated heterocycles. The van der Waals surface area contributed by atoms with Gasteiger partial charge in [-0.2, -0.15) is 5.10 Å². The summed E-state index contributed by atoms with van der Waals surface area (Å²) < 4.78 is 21.9. The Morgan fingerprint density at radius 1 is 1.10 bits per heavy atom. The van der Waals surface area contributed by atoms with Crippen molar-refractivity contribution in [2.75, 3.05) is 11.4 Å². The Bertz CT molecular complexity index is 1390. The minimum absolute atomic E-state index is 0.000120. The lowest BCUT2D eigenvalue weighted by Gasteiger charge is -2.45. The second-order valence-corrected chi connectivity index (χ2v) is 11.0. The number of hydrogen-bond acceptors (Lipinski definition) is 5. The molecular weight excluding hydrogens is 497 g/mol. The third kappa shape index (κ3) is 5.15. The Hall–Kier alpha value is -3.72. The maximum absolute atomic E-state index is 14.3. The Morgan fingerprint density at radius 2 is 1.87 bits per heavy atom. The van der Waals surface area contributed by atoms with Crippen molar-refractivity contribution in [3.63, 3.8) is 0 Å². The highest BCUT2D eigenvalue weighted by molar-refractivity contribution is 6.16. The summed E-state index contributed by atoms with van der Waals surface area (Å²) in [6, 6.07) is 15.5. The minimum atomic E-state index is -1.09. The van der Waals surface area contributed by atoms with Crippen molar-refractivity contribution in [1.82, 2.24) is 19.6 Å². The highest BCUT2D eigenvalue weighted by atomic mass is 19.1. The lowest BCUT2D eigenvalue weighted by Crippen LogP contribution is -2.59. The molecule has 0 aliphatic carbocycles. The van der Waals surface area contributed by atoms with E-state index in [4.69, 9.17) is 4.74 Å². The third-order valence-corrected chi connectivity index (χ3v) is 7.70. The normalized spacial score (nSPS) is 22.0. The summed E-state index contributed by atoms with van der Waals surface area (Å²) in [4.78, 5) is 33.2. The molecule has 206 valence electrons. The average Bonchev–Trinajstić information content (AvgIpc) is 3.28. The molecule has 2 aromatic carbocycles. The molecule has 3 heterocycles. The molecule has 8 nitrogen and oxygen atoms in total. The summed E-state index contributed by atoms with van der Waals surface area (Å²) in [6.07, 6.45) is 0.977.